The molecule has 0 saturated carbocycles. The summed E-state index contributed by atoms with van der Waals surface area (Å²) in [6.07, 6.45) is 1.08. The fourth-order valence-corrected chi connectivity index (χ4v) is 5.55. The molecule has 9 heteroatoms. The summed E-state index contributed by atoms with van der Waals surface area (Å²) in [4.78, 5) is 40.1. The molecule has 3 aromatic rings. The molecule has 2 aliphatic heterocycles. The molecule has 0 aliphatic carbocycles. The lowest BCUT2D eigenvalue weighted by Gasteiger charge is -2.29. The summed E-state index contributed by atoms with van der Waals surface area (Å²) in [6.45, 7) is 5.74. The Morgan fingerprint density at radius 3 is 1.64 bits per heavy atom. The molecule has 0 fully saturated rings. The molecule has 42 heavy (non-hydrogen) atoms. The maximum atomic E-state index is 14.2. The summed E-state index contributed by atoms with van der Waals surface area (Å²) in [7, 11) is 0. The van der Waals surface area contributed by atoms with Crippen LogP contribution in [0.15, 0.2) is 95.1 Å². The lowest BCUT2D eigenvalue weighted by atomic mass is 9.71. The Labute approximate surface area is 245 Å². The van der Waals surface area contributed by atoms with Crippen molar-refractivity contribution < 1.29 is 23.9 Å². The third-order valence-electron chi connectivity index (χ3n) is 7.50. The first-order valence-electron chi connectivity index (χ1n) is 14.3. The Morgan fingerprint density at radius 1 is 0.738 bits per heavy atom. The van der Waals surface area contributed by atoms with E-state index in [1.165, 1.54) is 10.0 Å². The Hall–Kier alpha value is -4.79. The highest BCUT2D eigenvalue weighted by Crippen LogP contribution is 2.44. The minimum absolute atomic E-state index is 0.188. The molecular formula is C33H34N4O5. The van der Waals surface area contributed by atoms with Gasteiger partial charge in [0, 0.05) is 5.92 Å². The smallest absolute Gasteiger partial charge is 0.344 e. The van der Waals surface area contributed by atoms with Crippen molar-refractivity contribution in [3.8, 4) is 5.75 Å². The lowest BCUT2D eigenvalue weighted by Crippen LogP contribution is -2.40. The topological polar surface area (TPSA) is 101 Å². The molecule has 2 amide bonds. The molecule has 216 valence electrons. The first kappa shape index (κ1) is 28.7. The molecule has 3 aromatic carbocycles. The summed E-state index contributed by atoms with van der Waals surface area (Å²) < 4.78 is 10.6. The maximum Gasteiger partial charge on any atom is 0.344 e. The van der Waals surface area contributed by atoms with E-state index in [9.17, 15) is 14.4 Å². The number of anilines is 2. The first-order chi connectivity index (χ1) is 20.5. The molecule has 2 unspecified atom stereocenters. The summed E-state index contributed by atoms with van der Waals surface area (Å²) >= 11 is 0. The van der Waals surface area contributed by atoms with Gasteiger partial charge in [-0.15, -0.1) is 0 Å². The van der Waals surface area contributed by atoms with Crippen LogP contribution in [0.3, 0.4) is 0 Å². The molecule has 0 bridgehead atoms. The Bertz CT molecular complexity index is 1410. The van der Waals surface area contributed by atoms with Gasteiger partial charge in [-0.3, -0.25) is 9.59 Å². The van der Waals surface area contributed by atoms with E-state index in [4.69, 9.17) is 19.7 Å². The van der Waals surface area contributed by atoms with Crippen LogP contribution < -0.4 is 14.8 Å². The third kappa shape index (κ3) is 5.68. The van der Waals surface area contributed by atoms with Crippen molar-refractivity contribution in [3.63, 3.8) is 0 Å². The largest absolute Gasteiger partial charge is 0.482 e. The van der Waals surface area contributed by atoms with E-state index in [0.29, 0.717) is 41.4 Å². The number of carbonyl (C=O) groups is 3. The highest BCUT2D eigenvalue weighted by molar-refractivity contribution is 6.20. The molecule has 0 aromatic heterocycles. The molecule has 0 radical (unpaired) electrons. The second-order valence-corrected chi connectivity index (χ2v) is 10.0. The molecule has 9 nitrogen and oxygen atoms in total. The second-order valence-electron chi connectivity index (χ2n) is 10.0. The van der Waals surface area contributed by atoms with Gasteiger partial charge in [0.2, 0.25) is 0 Å². The Balaban J connectivity index is 1.55. The predicted octanol–water partition coefficient (Wildman–Crippen LogP) is 5.57. The van der Waals surface area contributed by atoms with Crippen LogP contribution in [0.4, 0.5) is 11.4 Å². The van der Waals surface area contributed by atoms with Gasteiger partial charge in [-0.1, -0.05) is 62.4 Å². The zero-order valence-electron chi connectivity index (χ0n) is 24.0. The van der Waals surface area contributed by atoms with Crippen LogP contribution in [0, 0.1) is 11.8 Å². The number of carbonyl (C=O) groups excluding carboxylic acids is 3. The Kier molecular flexibility index (Phi) is 8.76. The van der Waals surface area contributed by atoms with Gasteiger partial charge in [-0.05, 0) is 61.7 Å². The molecule has 0 spiro atoms. The van der Waals surface area contributed by atoms with Crippen molar-refractivity contribution in [1.82, 2.24) is 0 Å². The zero-order chi connectivity index (χ0) is 29.6. The van der Waals surface area contributed by atoms with E-state index in [0.717, 1.165) is 5.56 Å². The van der Waals surface area contributed by atoms with Crippen molar-refractivity contribution in [3.05, 3.63) is 90.5 Å². The Morgan fingerprint density at radius 2 is 1.21 bits per heavy atom. The fraction of sp³-hybridized carbons (Fsp3) is 0.303. The summed E-state index contributed by atoms with van der Waals surface area (Å²) in [5, 5.41) is 12.4. The van der Waals surface area contributed by atoms with Crippen molar-refractivity contribution >= 4 is 40.6 Å². The van der Waals surface area contributed by atoms with E-state index < -0.39 is 23.7 Å². The van der Waals surface area contributed by atoms with Crippen LogP contribution in [0.1, 0.15) is 45.1 Å². The van der Waals surface area contributed by atoms with Crippen molar-refractivity contribution in [2.45, 2.75) is 39.5 Å². The van der Waals surface area contributed by atoms with Gasteiger partial charge in [0.05, 0.1) is 41.2 Å². The van der Waals surface area contributed by atoms with E-state index in [-0.39, 0.29) is 25.0 Å². The number of benzene rings is 3. The number of hydrazone groups is 2. The van der Waals surface area contributed by atoms with Crippen LogP contribution in [-0.4, -0.2) is 42.4 Å². The lowest BCUT2D eigenvalue weighted by molar-refractivity contribution is -0.145. The summed E-state index contributed by atoms with van der Waals surface area (Å²) in [5.41, 5.74) is 3.54. The highest BCUT2D eigenvalue weighted by Gasteiger charge is 2.51. The number of amides is 2. The third-order valence-corrected chi connectivity index (χ3v) is 7.50. The highest BCUT2D eigenvalue weighted by atomic mass is 16.6. The normalized spacial score (nSPS) is 19.0. The van der Waals surface area contributed by atoms with Crippen LogP contribution in [-0.2, 0) is 19.1 Å². The minimum Gasteiger partial charge on any atom is -0.482 e. The summed E-state index contributed by atoms with van der Waals surface area (Å²) in [6, 6.07) is 25.8. The van der Waals surface area contributed by atoms with Crippen molar-refractivity contribution in [2.24, 2.45) is 22.0 Å². The number of hydrogen-bond donors (Lipinski definition) is 0. The molecule has 2 atom stereocenters. The van der Waals surface area contributed by atoms with E-state index in [2.05, 4.69) is 0 Å². The second kappa shape index (κ2) is 12.8. The number of nitrogens with zero attached hydrogens (tertiary/aromatic N) is 4. The monoisotopic (exact) mass is 566 g/mol. The minimum atomic E-state index is -0.678. The first-order valence-corrected chi connectivity index (χ1v) is 14.3. The molecule has 0 saturated heterocycles. The SMILES string of the molecule is CCOC(=O)COc1ccc(C(C2C(=O)N(c3ccccc3)N=C2CC)C2C(=O)N(c3ccccc3)N=C2CC)cc1. The zero-order valence-corrected chi connectivity index (χ0v) is 24.0. The average molecular weight is 567 g/mol. The molecule has 0 N–H and O–H groups in total. The van der Waals surface area contributed by atoms with Crippen molar-refractivity contribution in [1.29, 1.82) is 0 Å². The summed E-state index contributed by atoms with van der Waals surface area (Å²) in [5.74, 6) is -2.28. The van der Waals surface area contributed by atoms with Gasteiger partial charge in [0.1, 0.15) is 5.75 Å². The fourth-order valence-electron chi connectivity index (χ4n) is 5.55. The van der Waals surface area contributed by atoms with Gasteiger partial charge in [-0.2, -0.15) is 10.2 Å². The average Bonchev–Trinajstić information content (AvgIpc) is 3.54. The van der Waals surface area contributed by atoms with E-state index >= 15 is 0 Å². The predicted molar refractivity (Wildman–Crippen MR) is 162 cm³/mol. The number of esters is 1. The number of hydrogen-bond acceptors (Lipinski definition) is 7. The van der Waals surface area contributed by atoms with Gasteiger partial charge in [-0.25, -0.2) is 14.8 Å². The number of rotatable bonds is 11. The van der Waals surface area contributed by atoms with Gasteiger partial charge < -0.3 is 9.47 Å². The van der Waals surface area contributed by atoms with Crippen molar-refractivity contribution in [2.75, 3.05) is 23.2 Å². The van der Waals surface area contributed by atoms with Gasteiger partial charge in [0.15, 0.2) is 6.61 Å². The van der Waals surface area contributed by atoms with Crippen LogP contribution >= 0.6 is 0 Å². The standard InChI is InChI=1S/C33H34N4O5/c1-4-26-30(32(39)36(34-26)23-13-9-7-10-14-23)29(22-17-19-25(20-18-22)42-21-28(38)41-6-3)31-27(5-2)35-37(33(31)40)24-15-11-8-12-16-24/h7-20,29-31H,4-6,21H2,1-3H3. The van der Waals surface area contributed by atoms with E-state index in [1.807, 2.05) is 86.6 Å². The quantitative estimate of drug-likeness (QED) is 0.283. The number of para-hydroxylation sites is 2. The molecular weight excluding hydrogens is 532 g/mol. The van der Waals surface area contributed by atoms with Gasteiger partial charge in [0.25, 0.3) is 11.8 Å². The molecule has 2 heterocycles. The van der Waals surface area contributed by atoms with Crippen LogP contribution in [0.2, 0.25) is 0 Å². The molecule has 5 rings (SSSR count). The van der Waals surface area contributed by atoms with Gasteiger partial charge >= 0.3 is 5.97 Å². The van der Waals surface area contributed by atoms with Crippen LogP contribution in [0.5, 0.6) is 5.75 Å². The van der Waals surface area contributed by atoms with Crippen LogP contribution in [0.25, 0.3) is 0 Å². The molecule has 2 aliphatic rings. The number of ether oxygens (including phenoxy) is 2. The van der Waals surface area contributed by atoms with E-state index in [1.54, 1.807) is 19.1 Å². The maximum absolute atomic E-state index is 14.2.